The Morgan fingerprint density at radius 3 is 2.57 bits per heavy atom. The van der Waals surface area contributed by atoms with Crippen LogP contribution in [-0.4, -0.2) is 53.9 Å². The van der Waals surface area contributed by atoms with Crippen molar-refractivity contribution in [2.75, 3.05) is 33.3 Å². The summed E-state index contributed by atoms with van der Waals surface area (Å²) in [6, 6.07) is 17.8. The minimum Gasteiger partial charge on any atom is -0.497 e. The number of para-hydroxylation sites is 1. The number of halogens is 1. The Morgan fingerprint density at radius 2 is 1.83 bits per heavy atom. The van der Waals surface area contributed by atoms with Gasteiger partial charge in [0.25, 0.3) is 0 Å². The van der Waals surface area contributed by atoms with Gasteiger partial charge in [0.1, 0.15) is 5.75 Å². The molecule has 1 aliphatic heterocycles. The van der Waals surface area contributed by atoms with Crippen LogP contribution in [0.3, 0.4) is 0 Å². The molecule has 0 atom stereocenters. The van der Waals surface area contributed by atoms with E-state index in [4.69, 9.17) is 9.84 Å². The summed E-state index contributed by atoms with van der Waals surface area (Å²) < 4.78 is 7.13. The van der Waals surface area contributed by atoms with Crippen molar-refractivity contribution in [3.63, 3.8) is 0 Å². The molecule has 0 aliphatic carbocycles. The van der Waals surface area contributed by atoms with Gasteiger partial charge in [0.05, 0.1) is 24.9 Å². The van der Waals surface area contributed by atoms with E-state index in [-0.39, 0.29) is 18.3 Å². The quantitative estimate of drug-likeness (QED) is 0.679. The van der Waals surface area contributed by atoms with Crippen LogP contribution in [0.4, 0.5) is 0 Å². The number of aromatic nitrogens is 2. The van der Waals surface area contributed by atoms with E-state index in [0.717, 1.165) is 60.9 Å². The first-order valence-electron chi connectivity index (χ1n) is 10.0. The summed E-state index contributed by atoms with van der Waals surface area (Å²) in [5, 5.41) is 8.16. The number of carbonyl (C=O) groups is 1. The van der Waals surface area contributed by atoms with E-state index in [0.29, 0.717) is 6.42 Å². The van der Waals surface area contributed by atoms with E-state index in [1.165, 1.54) is 0 Å². The zero-order valence-electron chi connectivity index (χ0n) is 17.1. The predicted octanol–water partition coefficient (Wildman–Crippen LogP) is 3.33. The SMILES string of the molecule is COc1ccc(-c2nn(-c3ccccc3)cc2CC(=O)N2CCCNCC2)cc1.Cl. The third-order valence-corrected chi connectivity index (χ3v) is 5.21. The number of carbonyl (C=O) groups excluding carboxylic acids is 1. The zero-order valence-corrected chi connectivity index (χ0v) is 17.9. The van der Waals surface area contributed by atoms with E-state index < -0.39 is 0 Å². The van der Waals surface area contributed by atoms with E-state index in [2.05, 4.69) is 5.32 Å². The fourth-order valence-corrected chi connectivity index (χ4v) is 3.61. The molecule has 3 aromatic rings. The second-order valence-corrected chi connectivity index (χ2v) is 7.17. The number of benzene rings is 2. The van der Waals surface area contributed by atoms with Crippen molar-refractivity contribution >= 4 is 18.3 Å². The van der Waals surface area contributed by atoms with E-state index in [1.54, 1.807) is 7.11 Å². The molecule has 4 rings (SSSR count). The molecular formula is C23H27ClN4O2. The summed E-state index contributed by atoms with van der Waals surface area (Å²) in [6.45, 7) is 3.37. The van der Waals surface area contributed by atoms with Crippen LogP contribution in [0.15, 0.2) is 60.8 Å². The topological polar surface area (TPSA) is 59.4 Å². The van der Waals surface area contributed by atoms with Crippen LogP contribution < -0.4 is 10.1 Å². The average molecular weight is 427 g/mol. The van der Waals surface area contributed by atoms with Crippen molar-refractivity contribution in [1.29, 1.82) is 0 Å². The Bertz CT molecular complexity index is 949. The lowest BCUT2D eigenvalue weighted by Gasteiger charge is -2.19. The molecule has 1 aromatic heterocycles. The van der Waals surface area contributed by atoms with Crippen LogP contribution in [0, 0.1) is 0 Å². The maximum Gasteiger partial charge on any atom is 0.227 e. The largest absolute Gasteiger partial charge is 0.497 e. The summed E-state index contributed by atoms with van der Waals surface area (Å²) >= 11 is 0. The second-order valence-electron chi connectivity index (χ2n) is 7.17. The fraction of sp³-hybridized carbons (Fsp3) is 0.304. The Labute approximate surface area is 183 Å². The smallest absolute Gasteiger partial charge is 0.227 e. The number of methoxy groups -OCH3 is 1. The lowest BCUT2D eigenvalue weighted by molar-refractivity contribution is -0.130. The standard InChI is InChI=1S/C23H26N4O2.ClH/c1-29-21-10-8-18(9-11-21)23-19(16-22(28)26-14-5-12-24-13-15-26)17-27(25-23)20-6-3-2-4-7-20;/h2-4,6-11,17,24H,5,12-16H2,1H3;1H. The van der Waals surface area contributed by atoms with Gasteiger partial charge in [0, 0.05) is 37.0 Å². The fourth-order valence-electron chi connectivity index (χ4n) is 3.61. The number of nitrogens with zero attached hydrogens (tertiary/aromatic N) is 3. The van der Waals surface area contributed by atoms with Gasteiger partial charge in [-0.25, -0.2) is 4.68 Å². The highest BCUT2D eigenvalue weighted by Crippen LogP contribution is 2.26. The molecule has 0 unspecified atom stereocenters. The molecule has 1 amide bonds. The number of rotatable bonds is 5. The van der Waals surface area contributed by atoms with Crippen LogP contribution >= 0.6 is 12.4 Å². The van der Waals surface area contributed by atoms with Crippen molar-refractivity contribution in [3.05, 3.63) is 66.4 Å². The summed E-state index contributed by atoms with van der Waals surface area (Å²) in [6.07, 6.45) is 3.30. The molecule has 0 radical (unpaired) electrons. The van der Waals surface area contributed by atoms with Gasteiger partial charge >= 0.3 is 0 Å². The highest BCUT2D eigenvalue weighted by Gasteiger charge is 2.20. The monoisotopic (exact) mass is 426 g/mol. The third-order valence-electron chi connectivity index (χ3n) is 5.21. The molecule has 0 saturated carbocycles. The van der Waals surface area contributed by atoms with Crippen LogP contribution in [-0.2, 0) is 11.2 Å². The van der Waals surface area contributed by atoms with E-state index in [9.17, 15) is 4.79 Å². The molecule has 0 spiro atoms. The van der Waals surface area contributed by atoms with Crippen molar-refractivity contribution in [2.45, 2.75) is 12.8 Å². The molecule has 1 aliphatic rings. The van der Waals surface area contributed by atoms with Gasteiger partial charge in [-0.1, -0.05) is 18.2 Å². The first-order chi connectivity index (χ1) is 14.2. The average Bonchev–Trinajstić information content (AvgIpc) is 2.99. The summed E-state index contributed by atoms with van der Waals surface area (Å²) in [5.74, 6) is 0.946. The maximum atomic E-state index is 13.0. The minimum atomic E-state index is 0. The lowest BCUT2D eigenvalue weighted by Crippen LogP contribution is -2.35. The predicted molar refractivity (Wildman–Crippen MR) is 121 cm³/mol. The molecule has 1 fully saturated rings. The number of hydrogen-bond acceptors (Lipinski definition) is 4. The maximum absolute atomic E-state index is 13.0. The van der Waals surface area contributed by atoms with Crippen LogP contribution in [0.2, 0.25) is 0 Å². The van der Waals surface area contributed by atoms with Crippen molar-refractivity contribution in [3.8, 4) is 22.7 Å². The third kappa shape index (κ3) is 5.01. The van der Waals surface area contributed by atoms with Gasteiger partial charge in [-0.3, -0.25) is 4.79 Å². The van der Waals surface area contributed by atoms with Gasteiger partial charge in [-0.2, -0.15) is 5.10 Å². The lowest BCUT2D eigenvalue weighted by atomic mass is 10.1. The highest BCUT2D eigenvalue weighted by atomic mass is 35.5. The van der Waals surface area contributed by atoms with Crippen LogP contribution in [0.5, 0.6) is 5.75 Å². The van der Waals surface area contributed by atoms with Gasteiger partial charge in [0.2, 0.25) is 5.91 Å². The number of amides is 1. The number of hydrogen-bond donors (Lipinski definition) is 1. The van der Waals surface area contributed by atoms with Crippen LogP contribution in [0.25, 0.3) is 16.9 Å². The Hall–Kier alpha value is -2.83. The molecule has 1 N–H and O–H groups in total. The molecule has 2 heterocycles. The van der Waals surface area contributed by atoms with Crippen molar-refractivity contribution in [2.24, 2.45) is 0 Å². The molecule has 30 heavy (non-hydrogen) atoms. The van der Waals surface area contributed by atoms with Gasteiger partial charge in [-0.15, -0.1) is 12.4 Å². The zero-order chi connectivity index (χ0) is 20.1. The molecule has 6 nitrogen and oxygen atoms in total. The number of ether oxygens (including phenoxy) is 1. The number of nitrogens with one attached hydrogen (secondary N) is 1. The highest BCUT2D eigenvalue weighted by molar-refractivity contribution is 5.85. The first-order valence-corrected chi connectivity index (χ1v) is 10.0. The minimum absolute atomic E-state index is 0. The summed E-state index contributed by atoms with van der Waals surface area (Å²) in [7, 11) is 1.65. The molecule has 1 saturated heterocycles. The van der Waals surface area contributed by atoms with E-state index in [1.807, 2.05) is 70.4 Å². The second kappa shape index (κ2) is 10.3. The molecule has 2 aromatic carbocycles. The normalized spacial score (nSPS) is 14.0. The summed E-state index contributed by atoms with van der Waals surface area (Å²) in [4.78, 5) is 14.9. The Balaban J connectivity index is 0.00000256. The van der Waals surface area contributed by atoms with Gasteiger partial charge in [-0.05, 0) is 49.4 Å². The van der Waals surface area contributed by atoms with Crippen molar-refractivity contribution < 1.29 is 9.53 Å². The molecule has 7 heteroatoms. The molecule has 0 bridgehead atoms. The Kier molecular flexibility index (Phi) is 7.49. The van der Waals surface area contributed by atoms with Gasteiger partial charge < -0.3 is 15.0 Å². The van der Waals surface area contributed by atoms with E-state index >= 15 is 0 Å². The Morgan fingerprint density at radius 1 is 1.07 bits per heavy atom. The van der Waals surface area contributed by atoms with Gasteiger partial charge in [0.15, 0.2) is 0 Å². The van der Waals surface area contributed by atoms with Crippen LogP contribution in [0.1, 0.15) is 12.0 Å². The molecule has 158 valence electrons. The van der Waals surface area contributed by atoms with Crippen molar-refractivity contribution in [1.82, 2.24) is 20.0 Å². The first kappa shape index (κ1) is 21.9. The molecular weight excluding hydrogens is 400 g/mol. The summed E-state index contributed by atoms with van der Waals surface area (Å²) in [5.41, 5.74) is 3.71.